The molecule has 5 rings (SSSR count). The van der Waals surface area contributed by atoms with E-state index in [1.54, 1.807) is 19.1 Å². The third-order valence-electron chi connectivity index (χ3n) is 5.75. The van der Waals surface area contributed by atoms with E-state index < -0.39 is 9.84 Å². The number of aryl methyl sites for hydroxylation is 2. The van der Waals surface area contributed by atoms with Gasteiger partial charge in [-0.3, -0.25) is 0 Å². The molecule has 0 spiro atoms. The van der Waals surface area contributed by atoms with Crippen molar-refractivity contribution >= 4 is 32.2 Å². The third-order valence-corrected chi connectivity index (χ3v) is 7.56. The number of para-hydroxylation sites is 1. The predicted molar refractivity (Wildman–Crippen MR) is 128 cm³/mol. The summed E-state index contributed by atoms with van der Waals surface area (Å²) in [4.78, 5) is 4.92. The molecule has 8 heteroatoms. The minimum absolute atomic E-state index is 0.0418. The van der Waals surface area contributed by atoms with Crippen molar-refractivity contribution in [1.29, 1.82) is 0 Å². The molecule has 1 N–H and O–H groups in total. The van der Waals surface area contributed by atoms with Crippen molar-refractivity contribution in [3.8, 4) is 0 Å². The molecule has 0 fully saturated rings. The van der Waals surface area contributed by atoms with Gasteiger partial charge in [-0.05, 0) is 50.1 Å². The third kappa shape index (κ3) is 3.62. The molecular weight excluding hydrogens is 434 g/mol. The van der Waals surface area contributed by atoms with Crippen molar-refractivity contribution in [3.05, 3.63) is 89.5 Å². The molecule has 5 aromatic rings. The number of benzene rings is 3. The van der Waals surface area contributed by atoms with E-state index in [9.17, 15) is 8.42 Å². The molecule has 0 unspecified atom stereocenters. The molecule has 2 aromatic heterocycles. The number of fused-ring (bicyclic) bond motifs is 3. The molecule has 0 radical (unpaired) electrons. The maximum absolute atomic E-state index is 13.6. The van der Waals surface area contributed by atoms with Crippen LogP contribution < -0.4 is 5.32 Å². The van der Waals surface area contributed by atoms with E-state index >= 15 is 0 Å². The van der Waals surface area contributed by atoms with E-state index in [1.165, 1.54) is 4.52 Å². The molecule has 0 amide bonds. The van der Waals surface area contributed by atoms with Gasteiger partial charge in [0.25, 0.3) is 0 Å². The highest BCUT2D eigenvalue weighted by molar-refractivity contribution is 7.91. The van der Waals surface area contributed by atoms with E-state index in [4.69, 9.17) is 4.98 Å². The van der Waals surface area contributed by atoms with Crippen molar-refractivity contribution in [2.24, 2.45) is 0 Å². The maximum Gasteiger partial charge on any atom is 0.229 e. The second-order valence-electron chi connectivity index (χ2n) is 8.16. The molecule has 0 saturated carbocycles. The predicted octanol–water partition coefficient (Wildman–Crippen LogP) is 4.90. The Morgan fingerprint density at radius 3 is 2.42 bits per heavy atom. The highest BCUT2D eigenvalue weighted by Crippen LogP contribution is 2.31. The van der Waals surface area contributed by atoms with E-state index in [-0.39, 0.29) is 21.6 Å². The van der Waals surface area contributed by atoms with Crippen molar-refractivity contribution in [2.75, 3.05) is 5.32 Å². The Balaban J connectivity index is 1.70. The number of nitrogens with one attached hydrogen (secondary N) is 1. The highest BCUT2D eigenvalue weighted by atomic mass is 32.2. The fraction of sp³-hybridized carbons (Fsp3) is 0.160. The first-order valence-electron chi connectivity index (χ1n) is 10.6. The summed E-state index contributed by atoms with van der Waals surface area (Å²) in [5, 5.41) is 12.3. The molecule has 166 valence electrons. The summed E-state index contributed by atoms with van der Waals surface area (Å²) in [5.74, 6) is 0.578. The number of hydrogen-bond donors (Lipinski definition) is 1. The van der Waals surface area contributed by atoms with Gasteiger partial charge in [0.2, 0.25) is 14.9 Å². The number of hydrogen-bond acceptors (Lipinski definition) is 6. The lowest BCUT2D eigenvalue weighted by molar-refractivity contribution is 0.592. The van der Waals surface area contributed by atoms with Gasteiger partial charge in [-0.1, -0.05) is 65.4 Å². The molecule has 7 nitrogen and oxygen atoms in total. The van der Waals surface area contributed by atoms with Gasteiger partial charge in [0.15, 0.2) is 5.65 Å². The SMILES string of the molecule is Cc1ccc(S(=O)(=O)c2nnn3c2nc(N[C@@H](C)c2ccccc2)c2ccccc23)c(C)c1. The van der Waals surface area contributed by atoms with E-state index in [0.29, 0.717) is 11.4 Å². The van der Waals surface area contributed by atoms with Gasteiger partial charge >= 0.3 is 0 Å². The van der Waals surface area contributed by atoms with Gasteiger partial charge < -0.3 is 5.32 Å². The summed E-state index contributed by atoms with van der Waals surface area (Å²) in [6.45, 7) is 5.75. The van der Waals surface area contributed by atoms with Gasteiger partial charge in [0.05, 0.1) is 10.4 Å². The monoisotopic (exact) mass is 457 g/mol. The largest absolute Gasteiger partial charge is 0.363 e. The summed E-state index contributed by atoms with van der Waals surface area (Å²) in [7, 11) is -3.92. The molecule has 3 aromatic carbocycles. The maximum atomic E-state index is 13.6. The van der Waals surface area contributed by atoms with Gasteiger partial charge in [0, 0.05) is 11.4 Å². The first-order chi connectivity index (χ1) is 15.9. The average molecular weight is 458 g/mol. The molecule has 2 heterocycles. The number of nitrogens with zero attached hydrogens (tertiary/aromatic N) is 4. The van der Waals surface area contributed by atoms with Crippen molar-refractivity contribution in [3.63, 3.8) is 0 Å². The van der Waals surface area contributed by atoms with Crippen LogP contribution in [-0.4, -0.2) is 28.2 Å². The van der Waals surface area contributed by atoms with E-state index in [2.05, 4.69) is 15.6 Å². The molecule has 0 aliphatic rings. The Labute approximate surface area is 192 Å². The lowest BCUT2D eigenvalue weighted by Gasteiger charge is -2.17. The Bertz CT molecular complexity index is 1590. The molecule has 1 atom stereocenters. The van der Waals surface area contributed by atoms with Crippen LogP contribution in [0.4, 0.5) is 5.82 Å². The first kappa shape index (κ1) is 21.1. The Kier molecular flexibility index (Phi) is 5.09. The van der Waals surface area contributed by atoms with E-state index in [0.717, 1.165) is 22.0 Å². The lowest BCUT2D eigenvalue weighted by atomic mass is 10.1. The van der Waals surface area contributed by atoms with Crippen LogP contribution in [0.2, 0.25) is 0 Å². The van der Waals surface area contributed by atoms with Gasteiger partial charge in [0.1, 0.15) is 5.82 Å². The summed E-state index contributed by atoms with van der Waals surface area (Å²) in [5.41, 5.74) is 3.66. The second kappa shape index (κ2) is 7.97. The minimum Gasteiger partial charge on any atom is -0.363 e. The average Bonchev–Trinajstić information content (AvgIpc) is 3.24. The molecule has 33 heavy (non-hydrogen) atoms. The van der Waals surface area contributed by atoms with Crippen LogP contribution >= 0.6 is 0 Å². The first-order valence-corrected chi connectivity index (χ1v) is 12.1. The van der Waals surface area contributed by atoms with Gasteiger partial charge in [-0.15, -0.1) is 5.10 Å². The zero-order chi connectivity index (χ0) is 23.2. The molecular formula is C25H23N5O2S. The summed E-state index contributed by atoms with van der Waals surface area (Å²) >= 11 is 0. The summed E-state index contributed by atoms with van der Waals surface area (Å²) < 4.78 is 28.6. The number of anilines is 1. The molecule has 0 aliphatic heterocycles. The number of sulfone groups is 1. The number of rotatable bonds is 5. The summed E-state index contributed by atoms with van der Waals surface area (Å²) in [6.07, 6.45) is 0. The van der Waals surface area contributed by atoms with Gasteiger partial charge in [-0.25, -0.2) is 13.4 Å². The van der Waals surface area contributed by atoms with Crippen LogP contribution in [0.15, 0.2) is 82.7 Å². The Hall–Kier alpha value is -3.78. The van der Waals surface area contributed by atoms with Crippen molar-refractivity contribution in [1.82, 2.24) is 19.8 Å². The zero-order valence-corrected chi connectivity index (χ0v) is 19.3. The zero-order valence-electron chi connectivity index (χ0n) is 18.5. The fourth-order valence-corrected chi connectivity index (χ4v) is 5.52. The van der Waals surface area contributed by atoms with Crippen LogP contribution in [-0.2, 0) is 9.84 Å². The standard InChI is InChI=1S/C25H23N5O2S/c1-16-13-14-22(17(2)15-16)33(31,32)25-24-27-23(26-18(3)19-9-5-4-6-10-19)20-11-7-8-12-21(20)30(24)29-28-25/h4-15,18H,1-3H3,(H,26,27)/t18-/m0/s1. The highest BCUT2D eigenvalue weighted by Gasteiger charge is 2.28. The Morgan fingerprint density at radius 1 is 0.939 bits per heavy atom. The number of aromatic nitrogens is 4. The van der Waals surface area contributed by atoms with Gasteiger partial charge in [-0.2, -0.15) is 4.52 Å². The normalized spacial score (nSPS) is 12.8. The quantitative estimate of drug-likeness (QED) is 0.404. The molecule has 0 saturated heterocycles. The molecule has 0 aliphatic carbocycles. The Morgan fingerprint density at radius 2 is 1.67 bits per heavy atom. The summed E-state index contributed by atoms with van der Waals surface area (Å²) in [6, 6.07) is 22.8. The van der Waals surface area contributed by atoms with Crippen molar-refractivity contribution < 1.29 is 8.42 Å². The smallest absolute Gasteiger partial charge is 0.229 e. The second-order valence-corrected chi connectivity index (χ2v) is 9.99. The van der Waals surface area contributed by atoms with Crippen LogP contribution in [0.5, 0.6) is 0 Å². The van der Waals surface area contributed by atoms with Crippen LogP contribution in [0, 0.1) is 13.8 Å². The fourth-order valence-electron chi connectivity index (χ4n) is 4.06. The van der Waals surface area contributed by atoms with Crippen LogP contribution in [0.3, 0.4) is 0 Å². The minimum atomic E-state index is -3.92. The topological polar surface area (TPSA) is 89.2 Å². The van der Waals surface area contributed by atoms with E-state index in [1.807, 2.05) is 74.5 Å². The van der Waals surface area contributed by atoms with Crippen LogP contribution in [0.25, 0.3) is 16.6 Å². The van der Waals surface area contributed by atoms with Crippen LogP contribution in [0.1, 0.15) is 29.7 Å². The van der Waals surface area contributed by atoms with Crippen molar-refractivity contribution in [2.45, 2.75) is 36.7 Å². The lowest BCUT2D eigenvalue weighted by Crippen LogP contribution is -2.11. The molecule has 0 bridgehead atoms.